The van der Waals surface area contributed by atoms with Crippen molar-refractivity contribution in [2.24, 2.45) is 13.0 Å². The Morgan fingerprint density at radius 1 is 1.17 bits per heavy atom. The van der Waals surface area contributed by atoms with Crippen LogP contribution < -0.4 is 0 Å². The molecule has 2 unspecified atom stereocenters. The molecule has 24 heavy (non-hydrogen) atoms. The van der Waals surface area contributed by atoms with Crippen LogP contribution >= 0.6 is 0 Å². The first kappa shape index (κ1) is 15.4. The van der Waals surface area contributed by atoms with Gasteiger partial charge in [0.1, 0.15) is 0 Å². The van der Waals surface area contributed by atoms with Gasteiger partial charge in [0.05, 0.1) is 6.20 Å². The number of likely N-dealkylation sites (tertiary alicyclic amines) is 2. The van der Waals surface area contributed by atoms with Crippen LogP contribution in [0.25, 0.3) is 0 Å². The molecule has 4 rings (SSSR count). The quantitative estimate of drug-likeness (QED) is 0.864. The van der Waals surface area contributed by atoms with Crippen molar-refractivity contribution in [3.05, 3.63) is 53.9 Å². The Balaban J connectivity index is 1.40. The Hall–Kier alpha value is -2.14. The maximum absolute atomic E-state index is 12.5. The second-order valence-corrected chi connectivity index (χ2v) is 7.08. The zero-order chi connectivity index (χ0) is 16.5. The Morgan fingerprint density at radius 2 is 2.00 bits per heavy atom. The number of carbonyl (C=O) groups excluding carboxylic acids is 1. The van der Waals surface area contributed by atoms with Crippen molar-refractivity contribution >= 4 is 5.91 Å². The zero-order valence-electron chi connectivity index (χ0n) is 14.1. The summed E-state index contributed by atoms with van der Waals surface area (Å²) in [5, 5.41) is 4.22. The van der Waals surface area contributed by atoms with Gasteiger partial charge in [0.2, 0.25) is 5.91 Å². The molecule has 2 atom stereocenters. The van der Waals surface area contributed by atoms with E-state index >= 15 is 0 Å². The van der Waals surface area contributed by atoms with Crippen molar-refractivity contribution < 1.29 is 4.79 Å². The molecule has 2 aromatic rings. The standard InChI is InChI=1S/C19H24N4O/c1-21-11-16(10-20-21)13-23-18-7-8-22(14-17(18)9-19(23)24)12-15-5-3-2-4-6-15/h2-6,10-11,17-18H,7-9,12-14H2,1H3. The van der Waals surface area contributed by atoms with Gasteiger partial charge in [0, 0.05) is 63.4 Å². The van der Waals surface area contributed by atoms with Crippen molar-refractivity contribution in [1.82, 2.24) is 19.6 Å². The number of amides is 1. The van der Waals surface area contributed by atoms with E-state index in [1.54, 1.807) is 4.68 Å². The van der Waals surface area contributed by atoms with Crippen LogP contribution in [0.15, 0.2) is 42.7 Å². The first-order valence-corrected chi connectivity index (χ1v) is 8.72. The van der Waals surface area contributed by atoms with Crippen molar-refractivity contribution in [2.45, 2.75) is 32.0 Å². The van der Waals surface area contributed by atoms with E-state index in [9.17, 15) is 4.79 Å². The van der Waals surface area contributed by atoms with E-state index in [-0.39, 0.29) is 0 Å². The molecule has 0 radical (unpaired) electrons. The summed E-state index contributed by atoms with van der Waals surface area (Å²) < 4.78 is 1.80. The molecule has 3 heterocycles. The fourth-order valence-corrected chi connectivity index (χ4v) is 4.17. The third kappa shape index (κ3) is 3.08. The second-order valence-electron chi connectivity index (χ2n) is 7.08. The van der Waals surface area contributed by atoms with Gasteiger partial charge in [-0.25, -0.2) is 0 Å². The SMILES string of the molecule is Cn1cc(CN2C(=O)CC3CN(Cc4ccccc4)CCC32)cn1. The van der Waals surface area contributed by atoms with Crippen molar-refractivity contribution in [3.8, 4) is 0 Å². The molecule has 5 heteroatoms. The minimum atomic E-state index is 0.301. The summed E-state index contributed by atoms with van der Waals surface area (Å²) in [6.07, 6.45) is 5.63. The highest BCUT2D eigenvalue weighted by atomic mass is 16.2. The number of aryl methyl sites for hydroxylation is 1. The molecule has 1 amide bonds. The lowest BCUT2D eigenvalue weighted by atomic mass is 9.92. The second kappa shape index (κ2) is 6.40. The van der Waals surface area contributed by atoms with Gasteiger partial charge in [0.25, 0.3) is 0 Å². The van der Waals surface area contributed by atoms with E-state index in [0.29, 0.717) is 30.8 Å². The number of carbonyl (C=O) groups is 1. The lowest BCUT2D eigenvalue weighted by molar-refractivity contribution is -0.129. The highest BCUT2D eigenvalue weighted by Crippen LogP contribution is 2.33. The molecule has 2 aliphatic heterocycles. The van der Waals surface area contributed by atoms with Crippen LogP contribution in [-0.2, 0) is 24.9 Å². The number of aromatic nitrogens is 2. The van der Waals surface area contributed by atoms with Crippen molar-refractivity contribution in [1.29, 1.82) is 0 Å². The molecule has 0 aliphatic carbocycles. The van der Waals surface area contributed by atoms with Gasteiger partial charge in [-0.2, -0.15) is 5.10 Å². The number of benzene rings is 1. The molecule has 0 N–H and O–H groups in total. The van der Waals surface area contributed by atoms with Crippen LogP contribution in [0.2, 0.25) is 0 Å². The van der Waals surface area contributed by atoms with E-state index in [2.05, 4.69) is 45.2 Å². The summed E-state index contributed by atoms with van der Waals surface area (Å²) in [4.78, 5) is 17.1. The monoisotopic (exact) mass is 324 g/mol. The minimum absolute atomic E-state index is 0.301. The Kier molecular flexibility index (Phi) is 4.10. The molecule has 0 saturated carbocycles. The molecule has 126 valence electrons. The maximum atomic E-state index is 12.5. The maximum Gasteiger partial charge on any atom is 0.223 e. The average molecular weight is 324 g/mol. The van der Waals surface area contributed by atoms with E-state index < -0.39 is 0 Å². The molecule has 2 saturated heterocycles. The molecule has 0 bridgehead atoms. The van der Waals surface area contributed by atoms with E-state index in [4.69, 9.17) is 0 Å². The molecule has 1 aromatic carbocycles. The average Bonchev–Trinajstić information content (AvgIpc) is 3.12. The van der Waals surface area contributed by atoms with Gasteiger partial charge >= 0.3 is 0 Å². The van der Waals surface area contributed by atoms with Crippen molar-refractivity contribution in [2.75, 3.05) is 13.1 Å². The topological polar surface area (TPSA) is 41.4 Å². The smallest absolute Gasteiger partial charge is 0.223 e. The molecular formula is C19H24N4O. The van der Waals surface area contributed by atoms with Crippen LogP contribution in [0.4, 0.5) is 0 Å². The number of hydrogen-bond acceptors (Lipinski definition) is 3. The Labute approximate surface area is 142 Å². The van der Waals surface area contributed by atoms with Crippen LogP contribution in [0.3, 0.4) is 0 Å². The van der Waals surface area contributed by atoms with Crippen LogP contribution in [0.5, 0.6) is 0 Å². The predicted molar refractivity (Wildman–Crippen MR) is 92.0 cm³/mol. The summed E-state index contributed by atoms with van der Waals surface area (Å²) in [5.74, 6) is 0.766. The molecule has 2 fully saturated rings. The van der Waals surface area contributed by atoms with Crippen LogP contribution in [0, 0.1) is 5.92 Å². The molecule has 2 aliphatic rings. The summed E-state index contributed by atoms with van der Waals surface area (Å²) in [6, 6.07) is 11.0. The van der Waals surface area contributed by atoms with Gasteiger partial charge in [-0.3, -0.25) is 14.4 Å². The number of rotatable bonds is 4. The van der Waals surface area contributed by atoms with Gasteiger partial charge in [0.15, 0.2) is 0 Å². The highest BCUT2D eigenvalue weighted by Gasteiger charge is 2.42. The predicted octanol–water partition coefficient (Wildman–Crippen LogP) is 2.04. The first-order valence-electron chi connectivity index (χ1n) is 8.72. The first-order chi connectivity index (χ1) is 11.7. The van der Waals surface area contributed by atoms with Crippen molar-refractivity contribution in [3.63, 3.8) is 0 Å². The summed E-state index contributed by atoms with van der Waals surface area (Å²) in [6.45, 7) is 3.77. The fraction of sp³-hybridized carbons (Fsp3) is 0.474. The zero-order valence-corrected chi connectivity index (χ0v) is 14.1. The number of nitrogens with zero attached hydrogens (tertiary/aromatic N) is 4. The van der Waals surface area contributed by atoms with Gasteiger partial charge < -0.3 is 4.90 Å². The van der Waals surface area contributed by atoms with Gasteiger partial charge in [-0.05, 0) is 12.0 Å². The highest BCUT2D eigenvalue weighted by molar-refractivity contribution is 5.79. The molecule has 0 spiro atoms. The number of fused-ring (bicyclic) bond motifs is 1. The third-order valence-electron chi connectivity index (χ3n) is 5.30. The number of hydrogen-bond donors (Lipinski definition) is 0. The van der Waals surface area contributed by atoms with E-state index in [1.165, 1.54) is 5.56 Å². The lowest BCUT2D eigenvalue weighted by Gasteiger charge is -2.37. The fourth-order valence-electron chi connectivity index (χ4n) is 4.17. The largest absolute Gasteiger partial charge is 0.335 e. The summed E-state index contributed by atoms with van der Waals surface area (Å²) in [5.41, 5.74) is 2.48. The van der Waals surface area contributed by atoms with Crippen LogP contribution in [0.1, 0.15) is 24.0 Å². The van der Waals surface area contributed by atoms with Crippen LogP contribution in [-0.4, -0.2) is 44.6 Å². The summed E-state index contributed by atoms with van der Waals surface area (Å²) >= 11 is 0. The Bertz CT molecular complexity index is 711. The molecular weight excluding hydrogens is 300 g/mol. The summed E-state index contributed by atoms with van der Waals surface area (Å²) in [7, 11) is 1.92. The molecule has 1 aromatic heterocycles. The number of piperidine rings is 1. The normalized spacial score (nSPS) is 24.4. The third-order valence-corrected chi connectivity index (χ3v) is 5.30. The Morgan fingerprint density at radius 3 is 2.75 bits per heavy atom. The van der Waals surface area contributed by atoms with E-state index in [1.807, 2.05) is 19.4 Å². The van der Waals surface area contributed by atoms with Gasteiger partial charge in [-0.15, -0.1) is 0 Å². The minimum Gasteiger partial charge on any atom is -0.335 e. The molecule has 5 nitrogen and oxygen atoms in total. The van der Waals surface area contributed by atoms with E-state index in [0.717, 1.165) is 31.6 Å². The van der Waals surface area contributed by atoms with Gasteiger partial charge in [-0.1, -0.05) is 30.3 Å². The lowest BCUT2D eigenvalue weighted by Crippen LogP contribution is -2.45.